The van der Waals surface area contributed by atoms with Gasteiger partial charge < -0.3 is 4.74 Å². The Kier molecular flexibility index (Phi) is 5.92. The van der Waals surface area contributed by atoms with E-state index in [9.17, 15) is 14.0 Å². The van der Waals surface area contributed by atoms with Crippen LogP contribution in [0, 0.1) is 26.6 Å². The predicted molar refractivity (Wildman–Crippen MR) is 105 cm³/mol. The zero-order valence-corrected chi connectivity index (χ0v) is 16.3. The Labute approximate surface area is 167 Å². The highest BCUT2D eigenvalue weighted by molar-refractivity contribution is 5.94. The minimum absolute atomic E-state index is 0.183. The Morgan fingerprint density at radius 1 is 1.07 bits per heavy atom. The molecule has 0 bridgehead atoms. The van der Waals surface area contributed by atoms with Gasteiger partial charge in [0, 0.05) is 5.69 Å². The average Bonchev–Trinajstić information content (AvgIpc) is 3.15. The molecular formula is C21H21FN4O3. The first-order valence-corrected chi connectivity index (χ1v) is 8.93. The van der Waals surface area contributed by atoms with Crippen molar-refractivity contribution in [3.8, 4) is 11.4 Å². The molecule has 0 unspecified atom stereocenters. The van der Waals surface area contributed by atoms with Crippen LogP contribution < -0.4 is 15.6 Å². The molecule has 2 aromatic carbocycles. The first-order chi connectivity index (χ1) is 13.8. The molecule has 0 fully saturated rings. The number of hydrazine groups is 1. The fourth-order valence-corrected chi connectivity index (χ4v) is 3.03. The lowest BCUT2D eigenvalue weighted by molar-refractivity contribution is -0.123. The summed E-state index contributed by atoms with van der Waals surface area (Å²) in [6.45, 7) is 5.56. The van der Waals surface area contributed by atoms with Crippen molar-refractivity contribution >= 4 is 11.8 Å². The molecule has 0 aliphatic rings. The van der Waals surface area contributed by atoms with Crippen LogP contribution in [0.5, 0.6) is 5.75 Å². The van der Waals surface area contributed by atoms with Crippen LogP contribution in [-0.2, 0) is 4.79 Å². The Morgan fingerprint density at radius 2 is 1.72 bits per heavy atom. The molecule has 0 aliphatic heterocycles. The lowest BCUT2D eigenvalue weighted by atomic mass is 10.1. The summed E-state index contributed by atoms with van der Waals surface area (Å²) in [5.74, 6) is -0.814. The van der Waals surface area contributed by atoms with Crippen LogP contribution in [0.1, 0.15) is 27.2 Å². The Morgan fingerprint density at radius 3 is 2.38 bits per heavy atom. The maximum atomic E-state index is 13.1. The maximum Gasteiger partial charge on any atom is 0.288 e. The molecule has 0 spiro atoms. The normalized spacial score (nSPS) is 10.5. The van der Waals surface area contributed by atoms with Gasteiger partial charge in [-0.3, -0.25) is 25.0 Å². The molecule has 1 heterocycles. The number of halogens is 1. The third-order valence-corrected chi connectivity index (χ3v) is 4.24. The first-order valence-electron chi connectivity index (χ1n) is 8.93. The maximum absolute atomic E-state index is 13.1. The molecule has 3 aromatic rings. The third kappa shape index (κ3) is 4.78. The van der Waals surface area contributed by atoms with E-state index in [1.807, 2.05) is 32.9 Å². The zero-order chi connectivity index (χ0) is 21.0. The molecule has 2 amide bonds. The Bertz CT molecular complexity index is 1020. The van der Waals surface area contributed by atoms with Crippen LogP contribution in [0.15, 0.2) is 48.9 Å². The van der Waals surface area contributed by atoms with Crippen molar-refractivity contribution in [1.29, 1.82) is 0 Å². The summed E-state index contributed by atoms with van der Waals surface area (Å²) in [7, 11) is 0. The molecule has 7 nitrogen and oxygen atoms in total. The van der Waals surface area contributed by atoms with E-state index in [0.717, 1.165) is 16.7 Å². The van der Waals surface area contributed by atoms with Crippen molar-refractivity contribution in [2.75, 3.05) is 6.61 Å². The quantitative estimate of drug-likeness (QED) is 0.650. The number of hydrogen-bond donors (Lipinski definition) is 2. The van der Waals surface area contributed by atoms with Crippen LogP contribution in [-0.4, -0.2) is 28.0 Å². The van der Waals surface area contributed by atoms with Crippen LogP contribution in [0.2, 0.25) is 0 Å². The van der Waals surface area contributed by atoms with Gasteiger partial charge in [0.1, 0.15) is 17.3 Å². The number of benzene rings is 2. The van der Waals surface area contributed by atoms with Gasteiger partial charge in [-0.15, -0.1) is 0 Å². The summed E-state index contributed by atoms with van der Waals surface area (Å²) in [5, 5.41) is 0. The van der Waals surface area contributed by atoms with Gasteiger partial charge >= 0.3 is 0 Å². The molecule has 150 valence electrons. The van der Waals surface area contributed by atoms with Crippen molar-refractivity contribution in [2.24, 2.45) is 0 Å². The fraction of sp³-hybridized carbons (Fsp3) is 0.190. The van der Waals surface area contributed by atoms with E-state index in [1.165, 1.54) is 41.4 Å². The SMILES string of the molecule is Cc1cc(C)c(OCC(=O)NNC(=O)c2cncn2-c2ccc(F)cc2)c(C)c1. The standard InChI is InChI=1S/C21H21FN4O3/c1-13-8-14(2)20(15(3)9-13)29-11-19(27)24-25-21(28)18-10-23-12-26(18)17-6-4-16(22)5-7-17/h4-10,12H,11H2,1-3H3,(H,24,27)(H,25,28). The van der Waals surface area contributed by atoms with Gasteiger partial charge in [0.05, 0.1) is 12.5 Å². The zero-order valence-electron chi connectivity index (χ0n) is 16.3. The largest absolute Gasteiger partial charge is 0.483 e. The molecule has 0 saturated carbocycles. The number of amides is 2. The van der Waals surface area contributed by atoms with Gasteiger partial charge in [-0.2, -0.15) is 0 Å². The second-order valence-electron chi connectivity index (χ2n) is 6.64. The second kappa shape index (κ2) is 8.55. The van der Waals surface area contributed by atoms with E-state index < -0.39 is 11.8 Å². The minimum atomic E-state index is -0.567. The molecular weight excluding hydrogens is 375 g/mol. The van der Waals surface area contributed by atoms with Crippen molar-refractivity contribution < 1.29 is 18.7 Å². The topological polar surface area (TPSA) is 85.2 Å². The van der Waals surface area contributed by atoms with E-state index >= 15 is 0 Å². The molecule has 8 heteroatoms. The predicted octanol–water partition coefficient (Wildman–Crippen LogP) is 2.78. The van der Waals surface area contributed by atoms with Crippen LogP contribution >= 0.6 is 0 Å². The molecule has 0 radical (unpaired) electrons. The van der Waals surface area contributed by atoms with E-state index in [2.05, 4.69) is 15.8 Å². The van der Waals surface area contributed by atoms with E-state index in [4.69, 9.17) is 4.74 Å². The van der Waals surface area contributed by atoms with Crippen molar-refractivity contribution in [3.05, 3.63) is 77.1 Å². The number of nitrogens with zero attached hydrogens (tertiary/aromatic N) is 2. The molecule has 29 heavy (non-hydrogen) atoms. The highest BCUT2D eigenvalue weighted by Gasteiger charge is 2.15. The number of imidazole rings is 1. The second-order valence-corrected chi connectivity index (χ2v) is 6.64. The van der Waals surface area contributed by atoms with Crippen molar-refractivity contribution in [3.63, 3.8) is 0 Å². The third-order valence-electron chi connectivity index (χ3n) is 4.24. The molecule has 0 atom stereocenters. The highest BCUT2D eigenvalue weighted by Crippen LogP contribution is 2.24. The van der Waals surface area contributed by atoms with Crippen LogP contribution in [0.3, 0.4) is 0 Å². The molecule has 3 rings (SSSR count). The summed E-state index contributed by atoms with van der Waals surface area (Å²) in [4.78, 5) is 28.4. The highest BCUT2D eigenvalue weighted by atomic mass is 19.1. The molecule has 1 aromatic heterocycles. The number of aromatic nitrogens is 2. The minimum Gasteiger partial charge on any atom is -0.483 e. The van der Waals surface area contributed by atoms with E-state index in [0.29, 0.717) is 11.4 Å². The number of nitrogens with one attached hydrogen (secondary N) is 2. The number of aryl methyl sites for hydroxylation is 3. The van der Waals surface area contributed by atoms with Gasteiger partial charge in [0.25, 0.3) is 11.8 Å². The van der Waals surface area contributed by atoms with Gasteiger partial charge in [-0.1, -0.05) is 17.7 Å². The number of carbonyl (C=O) groups is 2. The summed E-state index contributed by atoms with van der Waals surface area (Å²) >= 11 is 0. The van der Waals surface area contributed by atoms with Crippen molar-refractivity contribution in [1.82, 2.24) is 20.4 Å². The van der Waals surface area contributed by atoms with Crippen LogP contribution in [0.4, 0.5) is 4.39 Å². The van der Waals surface area contributed by atoms with Gasteiger partial charge in [0.2, 0.25) is 0 Å². The summed E-state index contributed by atoms with van der Waals surface area (Å²) < 4.78 is 20.2. The van der Waals surface area contributed by atoms with Gasteiger partial charge in [-0.25, -0.2) is 9.37 Å². The summed E-state index contributed by atoms with van der Waals surface area (Å²) in [5.41, 5.74) is 8.37. The van der Waals surface area contributed by atoms with E-state index in [1.54, 1.807) is 0 Å². The summed E-state index contributed by atoms with van der Waals surface area (Å²) in [6, 6.07) is 9.55. The molecule has 0 saturated heterocycles. The number of hydrogen-bond acceptors (Lipinski definition) is 4. The number of rotatable bonds is 5. The summed E-state index contributed by atoms with van der Waals surface area (Å²) in [6.07, 6.45) is 2.77. The smallest absolute Gasteiger partial charge is 0.288 e. The molecule has 0 aliphatic carbocycles. The van der Waals surface area contributed by atoms with Gasteiger partial charge in [-0.05, 0) is 56.2 Å². The lowest BCUT2D eigenvalue weighted by Crippen LogP contribution is -2.44. The lowest BCUT2D eigenvalue weighted by Gasteiger charge is -2.13. The van der Waals surface area contributed by atoms with Crippen molar-refractivity contribution in [2.45, 2.75) is 20.8 Å². The first kappa shape index (κ1) is 20.1. The van der Waals surface area contributed by atoms with Crippen LogP contribution in [0.25, 0.3) is 5.69 Å². The number of ether oxygens (including phenoxy) is 1. The average molecular weight is 396 g/mol. The molecule has 2 N–H and O–H groups in total. The van der Waals surface area contributed by atoms with E-state index in [-0.39, 0.29) is 18.1 Å². The Hall–Kier alpha value is -3.68. The monoisotopic (exact) mass is 396 g/mol. The number of carbonyl (C=O) groups excluding carboxylic acids is 2. The Balaban J connectivity index is 1.58. The fourth-order valence-electron chi connectivity index (χ4n) is 3.03. The van der Waals surface area contributed by atoms with Gasteiger partial charge in [0.15, 0.2) is 6.61 Å².